The van der Waals surface area contributed by atoms with E-state index in [0.717, 1.165) is 15.4 Å². The van der Waals surface area contributed by atoms with Crippen molar-refractivity contribution in [3.8, 4) is 21.7 Å². The molecule has 0 spiro atoms. The summed E-state index contributed by atoms with van der Waals surface area (Å²) < 4.78 is 14.5. The Morgan fingerprint density at radius 1 is 1.09 bits per heavy atom. The average Bonchev–Trinajstić information content (AvgIpc) is 2.96. The van der Waals surface area contributed by atoms with Crippen molar-refractivity contribution in [2.45, 2.75) is 26.2 Å². The molecule has 2 heterocycles. The molecule has 0 saturated heterocycles. The molecule has 118 valence electrons. The van der Waals surface area contributed by atoms with E-state index in [1.165, 1.54) is 0 Å². The number of rotatable bonds is 2. The molecule has 1 aromatic carbocycles. The van der Waals surface area contributed by atoms with Gasteiger partial charge in [0.2, 0.25) is 0 Å². The highest BCUT2D eigenvalue weighted by Gasteiger charge is 2.24. The number of benzene rings is 1. The third-order valence-corrected chi connectivity index (χ3v) is 5.03. The number of hydrogen-bond donors (Lipinski definition) is 1. The van der Waals surface area contributed by atoms with Crippen LogP contribution in [0.2, 0.25) is 0 Å². The Morgan fingerprint density at radius 2 is 1.78 bits per heavy atom. The number of anilines is 1. The number of nitrogens with zero attached hydrogens (tertiary/aromatic N) is 2. The van der Waals surface area contributed by atoms with Crippen LogP contribution in [0.5, 0.6) is 0 Å². The van der Waals surface area contributed by atoms with Crippen LogP contribution < -0.4 is 5.73 Å². The van der Waals surface area contributed by atoms with Crippen molar-refractivity contribution in [1.29, 1.82) is 0 Å². The van der Waals surface area contributed by atoms with E-state index in [0.29, 0.717) is 11.3 Å². The standard InChI is InChI=1S/C18H18FN3S/c1-18(2,3)17-22-15(12-5-4-6-13(20)14(12)19)16(23-17)11-7-9-21-10-8-11/h4-10H,20H2,1-3H3. The smallest absolute Gasteiger partial charge is 0.155 e. The Hall–Kier alpha value is -2.27. The largest absolute Gasteiger partial charge is 0.396 e. The molecule has 3 nitrogen and oxygen atoms in total. The number of pyridine rings is 1. The van der Waals surface area contributed by atoms with Crippen LogP contribution in [0.4, 0.5) is 10.1 Å². The first-order valence-electron chi connectivity index (χ1n) is 7.34. The van der Waals surface area contributed by atoms with Gasteiger partial charge in [0.05, 0.1) is 21.3 Å². The third kappa shape index (κ3) is 2.97. The van der Waals surface area contributed by atoms with E-state index in [4.69, 9.17) is 10.7 Å². The lowest BCUT2D eigenvalue weighted by molar-refractivity contribution is 0.585. The highest BCUT2D eigenvalue weighted by molar-refractivity contribution is 7.15. The second-order valence-electron chi connectivity index (χ2n) is 6.39. The summed E-state index contributed by atoms with van der Waals surface area (Å²) in [6, 6.07) is 8.85. The Bertz CT molecular complexity index is 835. The van der Waals surface area contributed by atoms with Crippen LogP contribution in [-0.2, 0) is 5.41 Å². The summed E-state index contributed by atoms with van der Waals surface area (Å²) in [5.74, 6) is -0.423. The molecule has 0 radical (unpaired) electrons. The molecule has 0 amide bonds. The van der Waals surface area contributed by atoms with E-state index in [1.54, 1.807) is 41.9 Å². The molecule has 0 atom stereocenters. The van der Waals surface area contributed by atoms with Gasteiger partial charge in [-0.3, -0.25) is 4.98 Å². The molecular weight excluding hydrogens is 309 g/mol. The van der Waals surface area contributed by atoms with Gasteiger partial charge >= 0.3 is 0 Å². The summed E-state index contributed by atoms with van der Waals surface area (Å²) >= 11 is 1.58. The summed E-state index contributed by atoms with van der Waals surface area (Å²) in [5.41, 5.74) is 7.80. The van der Waals surface area contributed by atoms with Crippen LogP contribution in [0.25, 0.3) is 21.7 Å². The summed E-state index contributed by atoms with van der Waals surface area (Å²) in [5, 5.41) is 0.959. The Kier molecular flexibility index (Phi) is 3.90. The topological polar surface area (TPSA) is 51.8 Å². The molecule has 0 aliphatic heterocycles. The van der Waals surface area contributed by atoms with Crippen LogP contribution >= 0.6 is 11.3 Å². The molecule has 3 rings (SSSR count). The van der Waals surface area contributed by atoms with E-state index >= 15 is 0 Å². The Labute approximate surface area is 139 Å². The highest BCUT2D eigenvalue weighted by atomic mass is 32.1. The van der Waals surface area contributed by atoms with E-state index < -0.39 is 5.82 Å². The van der Waals surface area contributed by atoms with Crippen molar-refractivity contribution in [2.24, 2.45) is 0 Å². The third-order valence-electron chi connectivity index (χ3n) is 3.49. The number of thiazole rings is 1. The van der Waals surface area contributed by atoms with Crippen LogP contribution in [0.3, 0.4) is 0 Å². The minimum atomic E-state index is -0.423. The zero-order valence-corrected chi connectivity index (χ0v) is 14.1. The van der Waals surface area contributed by atoms with Crippen molar-refractivity contribution in [1.82, 2.24) is 9.97 Å². The van der Waals surface area contributed by atoms with Gasteiger partial charge in [0.25, 0.3) is 0 Å². The van der Waals surface area contributed by atoms with Gasteiger partial charge in [-0.25, -0.2) is 9.37 Å². The van der Waals surface area contributed by atoms with E-state index in [9.17, 15) is 4.39 Å². The van der Waals surface area contributed by atoms with Gasteiger partial charge in [0.1, 0.15) is 0 Å². The first-order valence-corrected chi connectivity index (χ1v) is 8.15. The lowest BCUT2D eigenvalue weighted by atomic mass is 9.98. The molecular formula is C18H18FN3S. The lowest BCUT2D eigenvalue weighted by Gasteiger charge is -2.13. The maximum Gasteiger partial charge on any atom is 0.155 e. The van der Waals surface area contributed by atoms with Gasteiger partial charge < -0.3 is 5.73 Å². The van der Waals surface area contributed by atoms with Crippen molar-refractivity contribution in [3.63, 3.8) is 0 Å². The number of aromatic nitrogens is 2. The van der Waals surface area contributed by atoms with Gasteiger partial charge in [0.15, 0.2) is 5.82 Å². The molecule has 3 aromatic rings. The normalized spacial score (nSPS) is 11.7. The number of nitrogens with two attached hydrogens (primary N) is 1. The first-order chi connectivity index (χ1) is 10.9. The summed E-state index contributed by atoms with van der Waals surface area (Å²) in [6.45, 7) is 6.30. The Balaban J connectivity index is 2.27. The van der Waals surface area contributed by atoms with E-state index in [2.05, 4.69) is 25.8 Å². The van der Waals surface area contributed by atoms with Gasteiger partial charge in [0, 0.05) is 23.4 Å². The molecule has 23 heavy (non-hydrogen) atoms. The van der Waals surface area contributed by atoms with Gasteiger partial charge in [-0.1, -0.05) is 26.8 Å². The summed E-state index contributed by atoms with van der Waals surface area (Å²) in [4.78, 5) is 9.72. The molecule has 0 unspecified atom stereocenters. The molecule has 0 aliphatic carbocycles. The number of halogens is 1. The second-order valence-corrected chi connectivity index (χ2v) is 7.39. The van der Waals surface area contributed by atoms with Gasteiger partial charge in [-0.05, 0) is 29.8 Å². The summed E-state index contributed by atoms with van der Waals surface area (Å²) in [6.07, 6.45) is 3.45. The SMILES string of the molecule is CC(C)(C)c1nc(-c2cccc(N)c2F)c(-c2ccncc2)s1. The molecule has 2 aromatic heterocycles. The predicted octanol–water partition coefficient (Wildman–Crippen LogP) is 4.89. The van der Waals surface area contributed by atoms with Crippen LogP contribution in [-0.4, -0.2) is 9.97 Å². The highest BCUT2D eigenvalue weighted by Crippen LogP contribution is 2.41. The molecule has 0 fully saturated rings. The first kappa shape index (κ1) is 15.6. The van der Waals surface area contributed by atoms with E-state index in [-0.39, 0.29) is 11.1 Å². The molecule has 0 aliphatic rings. The van der Waals surface area contributed by atoms with Gasteiger partial charge in [-0.2, -0.15) is 0 Å². The minimum absolute atomic E-state index is 0.110. The molecule has 2 N–H and O–H groups in total. The van der Waals surface area contributed by atoms with Crippen molar-refractivity contribution in [2.75, 3.05) is 5.73 Å². The quantitative estimate of drug-likeness (QED) is 0.682. The Morgan fingerprint density at radius 3 is 2.43 bits per heavy atom. The maximum atomic E-state index is 14.5. The molecule has 5 heteroatoms. The second kappa shape index (κ2) is 5.74. The fraction of sp³-hybridized carbons (Fsp3) is 0.222. The average molecular weight is 327 g/mol. The van der Waals surface area contributed by atoms with Crippen LogP contribution in [0.15, 0.2) is 42.7 Å². The monoisotopic (exact) mass is 327 g/mol. The van der Waals surface area contributed by atoms with Crippen LogP contribution in [0.1, 0.15) is 25.8 Å². The van der Waals surface area contributed by atoms with Crippen LogP contribution in [0, 0.1) is 5.82 Å². The number of hydrogen-bond acceptors (Lipinski definition) is 4. The fourth-order valence-electron chi connectivity index (χ4n) is 2.26. The van der Waals surface area contributed by atoms with Gasteiger partial charge in [-0.15, -0.1) is 11.3 Å². The molecule has 0 saturated carbocycles. The lowest BCUT2D eigenvalue weighted by Crippen LogP contribution is -2.10. The fourth-order valence-corrected chi connectivity index (χ4v) is 3.40. The summed E-state index contributed by atoms with van der Waals surface area (Å²) in [7, 11) is 0. The predicted molar refractivity (Wildman–Crippen MR) is 93.9 cm³/mol. The molecule has 0 bridgehead atoms. The van der Waals surface area contributed by atoms with Crippen molar-refractivity contribution < 1.29 is 4.39 Å². The zero-order valence-electron chi connectivity index (χ0n) is 13.3. The van der Waals surface area contributed by atoms with E-state index in [1.807, 2.05) is 12.1 Å². The van der Waals surface area contributed by atoms with Crippen molar-refractivity contribution >= 4 is 17.0 Å². The van der Waals surface area contributed by atoms with Crippen molar-refractivity contribution in [3.05, 3.63) is 53.6 Å². The minimum Gasteiger partial charge on any atom is -0.396 e. The zero-order chi connectivity index (χ0) is 16.6. The number of nitrogen functional groups attached to an aromatic ring is 1. The maximum absolute atomic E-state index is 14.5.